The third-order valence-corrected chi connectivity index (χ3v) is 4.48. The van der Waals surface area contributed by atoms with Crippen molar-refractivity contribution < 1.29 is 0 Å². The van der Waals surface area contributed by atoms with Crippen molar-refractivity contribution in [3.63, 3.8) is 0 Å². The van der Waals surface area contributed by atoms with E-state index in [1.807, 2.05) is 10.7 Å². The predicted molar refractivity (Wildman–Crippen MR) is 86.2 cm³/mol. The van der Waals surface area contributed by atoms with Gasteiger partial charge in [-0.3, -0.25) is 9.58 Å². The van der Waals surface area contributed by atoms with Crippen molar-refractivity contribution in [2.75, 3.05) is 6.54 Å². The number of rotatable bonds is 4. The molecule has 0 radical (unpaired) electrons. The van der Waals surface area contributed by atoms with Crippen LogP contribution in [0.15, 0.2) is 36.4 Å². The molecule has 4 nitrogen and oxygen atoms in total. The largest absolute Gasteiger partial charge is 0.295 e. The average molecular weight is 294 g/mol. The maximum Gasteiger partial charge on any atom is 0.162 e. The minimum absolute atomic E-state index is 0.534. The van der Waals surface area contributed by atoms with Crippen molar-refractivity contribution >= 4 is 0 Å². The fourth-order valence-electron chi connectivity index (χ4n) is 3.12. The van der Waals surface area contributed by atoms with Gasteiger partial charge in [0.1, 0.15) is 6.07 Å². The molecule has 4 heteroatoms. The molecular weight excluding hydrogens is 272 g/mol. The Morgan fingerprint density at radius 2 is 2.09 bits per heavy atom. The molecule has 1 aliphatic heterocycles. The van der Waals surface area contributed by atoms with E-state index >= 15 is 0 Å². The number of aromatic nitrogens is 2. The Morgan fingerprint density at radius 1 is 1.27 bits per heavy atom. The van der Waals surface area contributed by atoms with Crippen LogP contribution in [0.3, 0.4) is 0 Å². The Morgan fingerprint density at radius 3 is 2.86 bits per heavy atom. The molecule has 0 fully saturated rings. The van der Waals surface area contributed by atoms with Crippen molar-refractivity contribution in [1.29, 1.82) is 5.26 Å². The van der Waals surface area contributed by atoms with Crippen LogP contribution < -0.4 is 0 Å². The van der Waals surface area contributed by atoms with Gasteiger partial charge in [-0.15, -0.1) is 0 Å². The van der Waals surface area contributed by atoms with E-state index in [0.29, 0.717) is 11.7 Å². The highest BCUT2D eigenvalue weighted by Crippen LogP contribution is 2.18. The van der Waals surface area contributed by atoms with Crippen LogP contribution in [0.1, 0.15) is 36.7 Å². The minimum Gasteiger partial charge on any atom is -0.295 e. The smallest absolute Gasteiger partial charge is 0.162 e. The molecule has 2 aromatic rings. The summed E-state index contributed by atoms with van der Waals surface area (Å²) in [5.41, 5.74) is 3.11. The number of hydrogen-bond acceptors (Lipinski definition) is 3. The summed E-state index contributed by atoms with van der Waals surface area (Å²) in [6.07, 6.45) is 3.36. The Balaban J connectivity index is 1.63. The molecule has 114 valence electrons. The first-order valence-corrected chi connectivity index (χ1v) is 8.01. The Bertz CT molecular complexity index is 653. The lowest BCUT2D eigenvalue weighted by Gasteiger charge is -2.27. The second kappa shape index (κ2) is 6.76. The Labute approximate surface area is 132 Å². The van der Waals surface area contributed by atoms with Crippen LogP contribution in [-0.2, 0) is 19.5 Å². The van der Waals surface area contributed by atoms with Crippen LogP contribution in [0, 0.1) is 11.3 Å². The maximum absolute atomic E-state index is 9.00. The molecule has 0 N–H and O–H groups in total. The number of benzene rings is 1. The summed E-state index contributed by atoms with van der Waals surface area (Å²) in [4.78, 5) is 2.52. The van der Waals surface area contributed by atoms with Crippen molar-refractivity contribution in [2.45, 2.75) is 45.3 Å². The molecule has 1 aliphatic rings. The lowest BCUT2D eigenvalue weighted by molar-refractivity contribution is 0.194. The van der Waals surface area contributed by atoms with Crippen molar-refractivity contribution in [3.05, 3.63) is 53.3 Å². The average Bonchev–Trinajstić information content (AvgIpc) is 2.84. The SMILES string of the molecule is C[C@@H](CCc1ccccc1)N1CCCn2nc(C#N)cc2C1. The van der Waals surface area contributed by atoms with E-state index in [9.17, 15) is 0 Å². The molecule has 0 saturated carbocycles. The van der Waals surface area contributed by atoms with E-state index in [4.69, 9.17) is 5.26 Å². The van der Waals surface area contributed by atoms with Crippen LogP contribution in [0.5, 0.6) is 0 Å². The van der Waals surface area contributed by atoms with Gasteiger partial charge in [0, 0.05) is 25.7 Å². The summed E-state index contributed by atoms with van der Waals surface area (Å²) >= 11 is 0. The van der Waals surface area contributed by atoms with Gasteiger partial charge >= 0.3 is 0 Å². The van der Waals surface area contributed by atoms with Gasteiger partial charge in [-0.2, -0.15) is 10.4 Å². The molecule has 0 saturated heterocycles. The second-order valence-corrected chi connectivity index (χ2v) is 6.05. The van der Waals surface area contributed by atoms with E-state index in [1.54, 1.807) is 0 Å². The summed E-state index contributed by atoms with van der Waals surface area (Å²) in [6, 6.07) is 15.3. The van der Waals surface area contributed by atoms with Crippen molar-refractivity contribution in [3.8, 4) is 6.07 Å². The van der Waals surface area contributed by atoms with Gasteiger partial charge < -0.3 is 0 Å². The summed E-state index contributed by atoms with van der Waals surface area (Å²) in [5, 5.41) is 13.3. The Kier molecular flexibility index (Phi) is 4.55. The van der Waals surface area contributed by atoms with Gasteiger partial charge in [0.2, 0.25) is 0 Å². The molecule has 3 rings (SSSR count). The number of fused-ring (bicyclic) bond motifs is 1. The molecule has 0 unspecified atom stereocenters. The summed E-state index contributed by atoms with van der Waals surface area (Å²) in [7, 11) is 0. The molecule has 22 heavy (non-hydrogen) atoms. The fraction of sp³-hybridized carbons (Fsp3) is 0.444. The zero-order valence-corrected chi connectivity index (χ0v) is 13.1. The van der Waals surface area contributed by atoms with Gasteiger partial charge in [-0.1, -0.05) is 30.3 Å². The highest BCUT2D eigenvalue weighted by atomic mass is 15.3. The first-order valence-electron chi connectivity index (χ1n) is 8.01. The van der Waals surface area contributed by atoms with E-state index in [-0.39, 0.29) is 0 Å². The van der Waals surface area contributed by atoms with Crippen LogP contribution in [0.2, 0.25) is 0 Å². The first-order chi connectivity index (χ1) is 10.8. The Hall–Kier alpha value is -2.12. The van der Waals surface area contributed by atoms with Crippen molar-refractivity contribution in [2.24, 2.45) is 0 Å². The van der Waals surface area contributed by atoms with Crippen LogP contribution >= 0.6 is 0 Å². The minimum atomic E-state index is 0.534. The zero-order valence-electron chi connectivity index (χ0n) is 13.1. The quantitative estimate of drug-likeness (QED) is 0.871. The molecular formula is C18H22N4. The molecule has 0 amide bonds. The second-order valence-electron chi connectivity index (χ2n) is 6.05. The van der Waals surface area contributed by atoms with Gasteiger partial charge in [0.15, 0.2) is 5.69 Å². The van der Waals surface area contributed by atoms with Gasteiger partial charge in [0.05, 0.1) is 5.69 Å². The van der Waals surface area contributed by atoms with Crippen LogP contribution in [0.4, 0.5) is 0 Å². The summed E-state index contributed by atoms with van der Waals surface area (Å²) in [6.45, 7) is 5.21. The number of nitrogens with zero attached hydrogens (tertiary/aromatic N) is 4. The third kappa shape index (κ3) is 3.37. The summed E-state index contributed by atoms with van der Waals surface area (Å²) < 4.78 is 2.00. The van der Waals surface area contributed by atoms with Crippen molar-refractivity contribution in [1.82, 2.24) is 14.7 Å². The van der Waals surface area contributed by atoms with Gasteiger partial charge in [0.25, 0.3) is 0 Å². The van der Waals surface area contributed by atoms with E-state index in [2.05, 4.69) is 53.3 Å². The fourth-order valence-corrected chi connectivity index (χ4v) is 3.12. The monoisotopic (exact) mass is 294 g/mol. The number of hydrogen-bond donors (Lipinski definition) is 0. The zero-order chi connectivity index (χ0) is 15.4. The normalized spacial score (nSPS) is 16.5. The van der Waals surface area contributed by atoms with Gasteiger partial charge in [-0.25, -0.2) is 0 Å². The molecule has 0 aliphatic carbocycles. The van der Waals surface area contributed by atoms with Crippen LogP contribution in [-0.4, -0.2) is 27.3 Å². The van der Waals surface area contributed by atoms with E-state index < -0.39 is 0 Å². The lowest BCUT2D eigenvalue weighted by Crippen LogP contribution is -2.33. The molecule has 2 heterocycles. The number of nitriles is 1. The molecule has 1 aromatic carbocycles. The highest BCUT2D eigenvalue weighted by molar-refractivity contribution is 5.23. The molecule has 1 aromatic heterocycles. The highest BCUT2D eigenvalue weighted by Gasteiger charge is 2.20. The third-order valence-electron chi connectivity index (χ3n) is 4.48. The predicted octanol–water partition coefficient (Wildman–Crippen LogP) is 2.98. The maximum atomic E-state index is 9.00. The van der Waals surface area contributed by atoms with Crippen LogP contribution in [0.25, 0.3) is 0 Å². The molecule has 0 spiro atoms. The summed E-state index contributed by atoms with van der Waals surface area (Å²) in [5.74, 6) is 0. The van der Waals surface area contributed by atoms with Gasteiger partial charge in [-0.05, 0) is 37.8 Å². The first kappa shape index (κ1) is 14.8. The lowest BCUT2D eigenvalue weighted by atomic mass is 10.0. The molecule has 0 bridgehead atoms. The standard InChI is InChI=1S/C18H22N4/c1-15(8-9-16-6-3-2-4-7-16)21-10-5-11-22-18(14-21)12-17(13-19)20-22/h2-4,6-7,12,15H,5,8-11,14H2,1H3/t15-/m0/s1. The van der Waals surface area contributed by atoms with E-state index in [0.717, 1.165) is 38.9 Å². The number of aryl methyl sites for hydroxylation is 2. The van der Waals surface area contributed by atoms with E-state index in [1.165, 1.54) is 11.3 Å². The topological polar surface area (TPSA) is 44.9 Å². The molecule has 1 atom stereocenters.